The van der Waals surface area contributed by atoms with Gasteiger partial charge in [-0.05, 0) is 50.3 Å². The second-order valence-electron chi connectivity index (χ2n) is 5.14. The van der Waals surface area contributed by atoms with Crippen molar-refractivity contribution in [3.05, 3.63) is 46.0 Å². The third-order valence-electron chi connectivity index (χ3n) is 3.70. The van der Waals surface area contributed by atoms with Crippen molar-refractivity contribution in [2.45, 2.75) is 39.2 Å². The molecule has 0 aliphatic rings. The van der Waals surface area contributed by atoms with E-state index in [1.165, 1.54) is 5.56 Å². The first-order valence-corrected chi connectivity index (χ1v) is 7.12. The summed E-state index contributed by atoms with van der Waals surface area (Å²) in [5, 5.41) is 15.2. The lowest BCUT2D eigenvalue weighted by Gasteiger charge is -2.11. The molecule has 0 aliphatic heterocycles. The van der Waals surface area contributed by atoms with Crippen molar-refractivity contribution in [1.82, 2.24) is 14.8 Å². The van der Waals surface area contributed by atoms with Gasteiger partial charge in [-0.1, -0.05) is 11.6 Å². The summed E-state index contributed by atoms with van der Waals surface area (Å²) in [7, 11) is 1.94. The van der Waals surface area contributed by atoms with Crippen LogP contribution in [0.2, 0.25) is 5.02 Å². The average molecular weight is 294 g/mol. The van der Waals surface area contributed by atoms with Crippen LogP contribution in [-0.4, -0.2) is 26.0 Å². The highest BCUT2D eigenvalue weighted by atomic mass is 35.5. The van der Waals surface area contributed by atoms with Crippen LogP contribution in [0.5, 0.6) is 0 Å². The van der Waals surface area contributed by atoms with Gasteiger partial charge in [0.25, 0.3) is 0 Å². The largest absolute Gasteiger partial charge is 0.393 e. The molecule has 0 spiro atoms. The van der Waals surface area contributed by atoms with Gasteiger partial charge in [0.2, 0.25) is 0 Å². The maximum absolute atomic E-state index is 10.2. The molecule has 0 radical (unpaired) electrons. The quantitative estimate of drug-likeness (QED) is 0.922. The lowest BCUT2D eigenvalue weighted by atomic mass is 10.0. The minimum Gasteiger partial charge on any atom is -0.393 e. The predicted molar refractivity (Wildman–Crippen MR) is 80.0 cm³/mol. The first-order chi connectivity index (χ1) is 9.49. The maximum atomic E-state index is 10.2. The number of halogens is 1. The minimum atomic E-state index is -0.408. The van der Waals surface area contributed by atoms with Crippen LogP contribution in [-0.2, 0) is 19.9 Å². The molecule has 0 aliphatic carbocycles. The van der Waals surface area contributed by atoms with Gasteiger partial charge in [0.15, 0.2) is 0 Å². The molecule has 4 nitrogen and oxygen atoms in total. The highest BCUT2D eigenvalue weighted by molar-refractivity contribution is 6.31. The standard InChI is InChI=1S/C15H20ClN3O/c1-10-14(11(2)19(3)18-10)5-4-13(20)8-12-6-7-17-9-15(12)16/h6-7,9,13,20H,4-5,8H2,1-3H3. The highest BCUT2D eigenvalue weighted by Crippen LogP contribution is 2.19. The molecule has 2 rings (SSSR count). The molecule has 108 valence electrons. The zero-order valence-electron chi connectivity index (χ0n) is 12.1. The van der Waals surface area contributed by atoms with Crippen LogP contribution >= 0.6 is 11.6 Å². The van der Waals surface area contributed by atoms with E-state index in [4.69, 9.17) is 11.6 Å². The Morgan fingerprint density at radius 2 is 2.15 bits per heavy atom. The summed E-state index contributed by atoms with van der Waals surface area (Å²) < 4.78 is 1.89. The number of nitrogens with zero attached hydrogens (tertiary/aromatic N) is 3. The van der Waals surface area contributed by atoms with Crippen molar-refractivity contribution >= 4 is 11.6 Å². The molecule has 2 aromatic heterocycles. The minimum absolute atomic E-state index is 0.408. The van der Waals surface area contributed by atoms with Crippen LogP contribution in [0.25, 0.3) is 0 Å². The highest BCUT2D eigenvalue weighted by Gasteiger charge is 2.13. The van der Waals surface area contributed by atoms with Gasteiger partial charge < -0.3 is 5.11 Å². The first kappa shape index (κ1) is 15.0. The molecule has 20 heavy (non-hydrogen) atoms. The molecular formula is C15H20ClN3O. The smallest absolute Gasteiger partial charge is 0.0628 e. The Bertz CT molecular complexity index is 595. The molecule has 2 aromatic rings. The number of pyridine rings is 1. The van der Waals surface area contributed by atoms with Crippen LogP contribution < -0.4 is 0 Å². The fraction of sp³-hybridized carbons (Fsp3) is 0.467. The molecule has 0 fully saturated rings. The van der Waals surface area contributed by atoms with Gasteiger partial charge in [-0.2, -0.15) is 5.10 Å². The average Bonchev–Trinajstić information content (AvgIpc) is 2.64. The fourth-order valence-corrected chi connectivity index (χ4v) is 2.61. The lowest BCUT2D eigenvalue weighted by molar-refractivity contribution is 0.165. The SMILES string of the molecule is Cc1nn(C)c(C)c1CCC(O)Cc1ccncc1Cl. The molecule has 1 N–H and O–H groups in total. The summed E-state index contributed by atoms with van der Waals surface area (Å²) in [4.78, 5) is 3.95. The number of hydrogen-bond acceptors (Lipinski definition) is 3. The number of rotatable bonds is 5. The van der Waals surface area contributed by atoms with Crippen molar-refractivity contribution in [3.63, 3.8) is 0 Å². The van der Waals surface area contributed by atoms with Crippen LogP contribution in [0, 0.1) is 13.8 Å². The third-order valence-corrected chi connectivity index (χ3v) is 4.04. The third kappa shape index (κ3) is 3.38. The summed E-state index contributed by atoms with van der Waals surface area (Å²) >= 11 is 6.05. The van der Waals surface area contributed by atoms with E-state index in [1.807, 2.05) is 24.7 Å². The number of hydrogen-bond donors (Lipinski definition) is 1. The van der Waals surface area contributed by atoms with E-state index in [9.17, 15) is 5.11 Å². The van der Waals surface area contributed by atoms with E-state index in [0.29, 0.717) is 17.9 Å². The van der Waals surface area contributed by atoms with Crippen LogP contribution in [0.3, 0.4) is 0 Å². The molecule has 0 bridgehead atoms. The monoisotopic (exact) mass is 293 g/mol. The Morgan fingerprint density at radius 3 is 2.75 bits per heavy atom. The zero-order valence-corrected chi connectivity index (χ0v) is 12.9. The number of aliphatic hydroxyl groups is 1. The Kier molecular flexibility index (Phi) is 4.78. The summed E-state index contributed by atoms with van der Waals surface area (Å²) in [6, 6.07) is 1.85. The van der Waals surface area contributed by atoms with Crippen molar-refractivity contribution in [2.24, 2.45) is 7.05 Å². The van der Waals surface area contributed by atoms with Crippen molar-refractivity contribution in [2.75, 3.05) is 0 Å². The summed E-state index contributed by atoms with van der Waals surface area (Å²) in [5.41, 5.74) is 4.37. The second-order valence-corrected chi connectivity index (χ2v) is 5.54. The van der Waals surface area contributed by atoms with Crippen LogP contribution in [0.4, 0.5) is 0 Å². The van der Waals surface area contributed by atoms with Gasteiger partial charge in [-0.15, -0.1) is 0 Å². The van der Waals surface area contributed by atoms with Crippen molar-refractivity contribution in [1.29, 1.82) is 0 Å². The Hall–Kier alpha value is -1.39. The lowest BCUT2D eigenvalue weighted by Crippen LogP contribution is -2.12. The molecule has 0 aromatic carbocycles. The maximum Gasteiger partial charge on any atom is 0.0628 e. The zero-order chi connectivity index (χ0) is 14.7. The Labute approximate surface area is 124 Å². The normalized spacial score (nSPS) is 12.7. The van der Waals surface area contributed by atoms with E-state index >= 15 is 0 Å². The number of aromatic nitrogens is 3. The van der Waals surface area contributed by atoms with Gasteiger partial charge in [-0.3, -0.25) is 9.67 Å². The first-order valence-electron chi connectivity index (χ1n) is 6.74. The van der Waals surface area contributed by atoms with Gasteiger partial charge in [0.1, 0.15) is 0 Å². The van der Waals surface area contributed by atoms with Gasteiger partial charge >= 0.3 is 0 Å². The molecule has 0 saturated heterocycles. The molecule has 0 amide bonds. The molecule has 1 atom stereocenters. The molecular weight excluding hydrogens is 274 g/mol. The number of aliphatic hydroxyl groups excluding tert-OH is 1. The van der Waals surface area contributed by atoms with E-state index in [0.717, 1.165) is 23.4 Å². The van der Waals surface area contributed by atoms with E-state index < -0.39 is 6.10 Å². The molecule has 0 saturated carbocycles. The van der Waals surface area contributed by atoms with Crippen LogP contribution in [0.1, 0.15) is 28.9 Å². The van der Waals surface area contributed by atoms with Gasteiger partial charge in [-0.25, -0.2) is 0 Å². The molecule has 2 heterocycles. The van der Waals surface area contributed by atoms with Crippen molar-refractivity contribution < 1.29 is 5.11 Å². The van der Waals surface area contributed by atoms with Crippen LogP contribution in [0.15, 0.2) is 18.5 Å². The number of aryl methyl sites for hydroxylation is 2. The predicted octanol–water partition coefficient (Wildman–Crippen LogP) is 2.62. The molecule has 1 unspecified atom stereocenters. The van der Waals surface area contributed by atoms with E-state index in [-0.39, 0.29) is 0 Å². The van der Waals surface area contributed by atoms with Gasteiger partial charge in [0.05, 0.1) is 16.8 Å². The fourth-order valence-electron chi connectivity index (χ4n) is 2.42. The summed E-state index contributed by atoms with van der Waals surface area (Å²) in [6.45, 7) is 4.07. The second kappa shape index (κ2) is 6.37. The van der Waals surface area contributed by atoms with E-state index in [2.05, 4.69) is 17.0 Å². The summed E-state index contributed by atoms with van der Waals surface area (Å²) in [5.74, 6) is 0. The Balaban J connectivity index is 1.96. The molecule has 5 heteroatoms. The topological polar surface area (TPSA) is 50.9 Å². The summed E-state index contributed by atoms with van der Waals surface area (Å²) in [6.07, 6.45) is 4.98. The van der Waals surface area contributed by atoms with Crippen molar-refractivity contribution in [3.8, 4) is 0 Å². The Morgan fingerprint density at radius 1 is 1.40 bits per heavy atom. The van der Waals surface area contributed by atoms with Gasteiger partial charge in [0, 0.05) is 25.1 Å². The van der Waals surface area contributed by atoms with E-state index in [1.54, 1.807) is 12.4 Å².